The van der Waals surface area contributed by atoms with Crippen molar-refractivity contribution in [3.05, 3.63) is 29.8 Å². The number of carboxylic acids is 1. The zero-order valence-corrected chi connectivity index (χ0v) is 12.6. The summed E-state index contributed by atoms with van der Waals surface area (Å²) in [6.07, 6.45) is 0.391. The van der Waals surface area contributed by atoms with Gasteiger partial charge in [0.15, 0.2) is 0 Å². The zero-order valence-electron chi connectivity index (χ0n) is 12.6. The van der Waals surface area contributed by atoms with E-state index < -0.39 is 18.0 Å². The number of amides is 2. The second kappa shape index (κ2) is 8.26. The number of aliphatic carboxylic acids is 1. The average Bonchev–Trinajstić information content (AvgIpc) is 2.38. The number of anilines is 1. The Morgan fingerprint density at radius 3 is 2.57 bits per heavy atom. The van der Waals surface area contributed by atoms with Crippen molar-refractivity contribution < 1.29 is 14.7 Å². The minimum Gasteiger partial charge on any atom is -0.480 e. The first-order valence-corrected chi connectivity index (χ1v) is 6.96. The van der Waals surface area contributed by atoms with Gasteiger partial charge >= 0.3 is 12.0 Å². The molecule has 0 heterocycles. The molecule has 0 aliphatic carbocycles. The molecule has 6 heteroatoms. The Morgan fingerprint density at radius 2 is 2.00 bits per heavy atom. The molecular formula is C15H23N3O3. The molecule has 0 radical (unpaired) electrons. The van der Waals surface area contributed by atoms with Crippen molar-refractivity contribution >= 4 is 17.7 Å². The third-order valence-corrected chi connectivity index (χ3v) is 2.88. The van der Waals surface area contributed by atoms with Gasteiger partial charge in [-0.25, -0.2) is 9.59 Å². The van der Waals surface area contributed by atoms with Crippen molar-refractivity contribution in [3.63, 3.8) is 0 Å². The van der Waals surface area contributed by atoms with E-state index in [0.29, 0.717) is 18.7 Å². The number of carbonyl (C=O) groups is 2. The van der Waals surface area contributed by atoms with Gasteiger partial charge in [0, 0.05) is 12.2 Å². The van der Waals surface area contributed by atoms with Crippen LogP contribution in [-0.2, 0) is 11.3 Å². The predicted molar refractivity (Wildman–Crippen MR) is 82.2 cm³/mol. The highest BCUT2D eigenvalue weighted by atomic mass is 16.4. The molecule has 0 fully saturated rings. The van der Waals surface area contributed by atoms with Crippen LogP contribution in [0, 0.1) is 5.92 Å². The van der Waals surface area contributed by atoms with Gasteiger partial charge in [0.05, 0.1) is 0 Å². The number of urea groups is 1. The molecule has 0 aromatic heterocycles. The molecule has 1 aromatic carbocycles. The zero-order chi connectivity index (χ0) is 15.8. The van der Waals surface area contributed by atoms with Crippen LogP contribution in [0.25, 0.3) is 0 Å². The molecule has 116 valence electrons. The molecule has 4 N–H and O–H groups in total. The fourth-order valence-electron chi connectivity index (χ4n) is 1.98. The Hall–Kier alpha value is -2.08. The van der Waals surface area contributed by atoms with Crippen LogP contribution in [0.1, 0.15) is 25.8 Å². The van der Waals surface area contributed by atoms with E-state index in [2.05, 4.69) is 16.0 Å². The minimum absolute atomic E-state index is 0.186. The smallest absolute Gasteiger partial charge is 0.326 e. The fraction of sp³-hybridized carbons (Fsp3) is 0.467. The van der Waals surface area contributed by atoms with Gasteiger partial charge in [0.2, 0.25) is 0 Å². The Kier molecular flexibility index (Phi) is 6.68. The topological polar surface area (TPSA) is 90.5 Å². The van der Waals surface area contributed by atoms with Gasteiger partial charge in [-0.05, 0) is 37.1 Å². The lowest BCUT2D eigenvalue weighted by Gasteiger charge is -2.17. The van der Waals surface area contributed by atoms with Gasteiger partial charge in [0.25, 0.3) is 0 Å². The van der Waals surface area contributed by atoms with Gasteiger partial charge in [-0.1, -0.05) is 26.0 Å². The summed E-state index contributed by atoms with van der Waals surface area (Å²) in [4.78, 5) is 23.0. The third-order valence-electron chi connectivity index (χ3n) is 2.88. The molecular weight excluding hydrogens is 270 g/mol. The summed E-state index contributed by atoms with van der Waals surface area (Å²) in [5.41, 5.74) is 1.67. The van der Waals surface area contributed by atoms with Crippen LogP contribution in [0.5, 0.6) is 0 Å². The van der Waals surface area contributed by atoms with Crippen molar-refractivity contribution in [3.8, 4) is 0 Å². The summed E-state index contributed by atoms with van der Waals surface area (Å²) in [6, 6.07) is 5.99. The Morgan fingerprint density at radius 1 is 1.29 bits per heavy atom. The fourth-order valence-corrected chi connectivity index (χ4v) is 1.98. The molecule has 1 aromatic rings. The average molecular weight is 293 g/mol. The lowest BCUT2D eigenvalue weighted by atomic mass is 10.0. The molecule has 2 amide bonds. The number of hydrogen-bond acceptors (Lipinski definition) is 3. The van der Waals surface area contributed by atoms with Crippen LogP contribution < -0.4 is 16.0 Å². The van der Waals surface area contributed by atoms with Crippen LogP contribution >= 0.6 is 0 Å². The largest absolute Gasteiger partial charge is 0.480 e. The highest BCUT2D eigenvalue weighted by Gasteiger charge is 2.20. The van der Waals surface area contributed by atoms with Crippen molar-refractivity contribution in [2.45, 2.75) is 32.9 Å². The maximum absolute atomic E-state index is 11.9. The maximum atomic E-state index is 11.9. The number of carbonyl (C=O) groups excluding carboxylic acids is 1. The number of benzene rings is 1. The minimum atomic E-state index is -1.03. The molecule has 1 atom stereocenters. The Labute approximate surface area is 124 Å². The highest BCUT2D eigenvalue weighted by Crippen LogP contribution is 2.11. The van der Waals surface area contributed by atoms with Crippen molar-refractivity contribution in [1.82, 2.24) is 10.6 Å². The number of rotatable bonds is 7. The second-order valence-electron chi connectivity index (χ2n) is 5.35. The molecule has 0 spiro atoms. The summed E-state index contributed by atoms with van der Waals surface area (Å²) in [5, 5.41) is 17.3. The summed E-state index contributed by atoms with van der Waals surface area (Å²) in [6.45, 7) is 4.52. The van der Waals surface area contributed by atoms with E-state index in [1.165, 1.54) is 0 Å². The molecule has 0 unspecified atom stereocenters. The maximum Gasteiger partial charge on any atom is 0.326 e. The second-order valence-corrected chi connectivity index (χ2v) is 5.35. The third kappa shape index (κ3) is 6.27. The number of hydrogen-bond donors (Lipinski definition) is 4. The molecule has 0 saturated carbocycles. The quantitative estimate of drug-likeness (QED) is 0.619. The first-order chi connectivity index (χ1) is 9.92. The molecule has 0 aliphatic rings. The molecule has 0 saturated heterocycles. The van der Waals surface area contributed by atoms with E-state index in [9.17, 15) is 9.59 Å². The van der Waals surface area contributed by atoms with E-state index in [4.69, 9.17) is 5.11 Å². The Balaban J connectivity index is 2.63. The summed E-state index contributed by atoms with van der Waals surface area (Å²) < 4.78 is 0. The van der Waals surface area contributed by atoms with Crippen LogP contribution in [-0.4, -0.2) is 30.2 Å². The van der Waals surface area contributed by atoms with E-state index in [-0.39, 0.29) is 5.92 Å². The van der Waals surface area contributed by atoms with Crippen molar-refractivity contribution in [1.29, 1.82) is 0 Å². The lowest BCUT2D eigenvalue weighted by Crippen LogP contribution is -2.43. The Bertz CT molecular complexity index is 489. The van der Waals surface area contributed by atoms with E-state index in [1.807, 2.05) is 39.1 Å². The van der Waals surface area contributed by atoms with E-state index in [0.717, 1.165) is 5.56 Å². The van der Waals surface area contributed by atoms with E-state index >= 15 is 0 Å². The number of nitrogens with one attached hydrogen (secondary N) is 3. The van der Waals surface area contributed by atoms with Gasteiger partial charge in [-0.3, -0.25) is 0 Å². The molecule has 0 bridgehead atoms. The van der Waals surface area contributed by atoms with Gasteiger partial charge in [-0.2, -0.15) is 0 Å². The first-order valence-electron chi connectivity index (χ1n) is 6.96. The van der Waals surface area contributed by atoms with Crippen molar-refractivity contribution in [2.24, 2.45) is 5.92 Å². The van der Waals surface area contributed by atoms with Crippen LogP contribution in [0.4, 0.5) is 10.5 Å². The van der Waals surface area contributed by atoms with Gasteiger partial charge < -0.3 is 21.1 Å². The normalized spacial score (nSPS) is 12.0. The summed E-state index contributed by atoms with van der Waals surface area (Å²) in [7, 11) is 1.84. The SMILES string of the molecule is CNCc1cccc(NC(=O)N[C@@H](CC(C)C)C(=O)O)c1. The predicted octanol–water partition coefficient (Wildman–Crippen LogP) is 2.03. The molecule has 1 rings (SSSR count). The van der Waals surface area contributed by atoms with Gasteiger partial charge in [-0.15, -0.1) is 0 Å². The van der Waals surface area contributed by atoms with Crippen LogP contribution in [0.3, 0.4) is 0 Å². The monoisotopic (exact) mass is 293 g/mol. The molecule has 21 heavy (non-hydrogen) atoms. The van der Waals surface area contributed by atoms with Gasteiger partial charge in [0.1, 0.15) is 6.04 Å². The van der Waals surface area contributed by atoms with Crippen LogP contribution in [0.2, 0.25) is 0 Å². The van der Waals surface area contributed by atoms with Crippen LogP contribution in [0.15, 0.2) is 24.3 Å². The first kappa shape index (κ1) is 17.0. The number of carboxylic acid groups (broad SMARTS) is 1. The standard InChI is InChI=1S/C15H23N3O3/c1-10(2)7-13(14(19)20)18-15(21)17-12-6-4-5-11(8-12)9-16-3/h4-6,8,10,13,16H,7,9H2,1-3H3,(H,19,20)(H2,17,18,21)/t13-/m0/s1. The summed E-state index contributed by atoms with van der Waals surface area (Å²) in [5.74, 6) is -0.840. The highest BCUT2D eigenvalue weighted by molar-refractivity contribution is 5.92. The summed E-state index contributed by atoms with van der Waals surface area (Å²) >= 11 is 0. The molecule has 0 aliphatic heterocycles. The molecule has 6 nitrogen and oxygen atoms in total. The lowest BCUT2D eigenvalue weighted by molar-refractivity contribution is -0.139. The van der Waals surface area contributed by atoms with E-state index in [1.54, 1.807) is 6.07 Å². The van der Waals surface area contributed by atoms with Crippen molar-refractivity contribution in [2.75, 3.05) is 12.4 Å².